The average Bonchev–Trinajstić information content (AvgIpc) is 3.46. The number of nitro groups is 2. The van der Waals surface area contributed by atoms with Crippen molar-refractivity contribution in [1.29, 1.82) is 0 Å². The molecule has 16 nitrogen and oxygen atoms in total. The predicted molar refractivity (Wildman–Crippen MR) is 162 cm³/mol. The topological polar surface area (TPSA) is 213 Å². The Bertz CT molecular complexity index is 1550. The van der Waals surface area contributed by atoms with Crippen LogP contribution in [0.25, 0.3) is 0 Å². The van der Waals surface area contributed by atoms with Crippen LogP contribution in [0, 0.1) is 49.3 Å². The van der Waals surface area contributed by atoms with Gasteiger partial charge in [-0.05, 0) is 41.5 Å². The molecule has 1 aromatic carbocycles. The maximum Gasteiger partial charge on any atom is 0.339 e. The van der Waals surface area contributed by atoms with Crippen LogP contribution in [0.4, 0.5) is 11.4 Å². The molecule has 0 bridgehead atoms. The third-order valence-electron chi connectivity index (χ3n) is 8.77. The molecule has 1 heterocycles. The van der Waals surface area contributed by atoms with Gasteiger partial charge in [-0.1, -0.05) is 13.8 Å². The molecule has 0 aromatic heterocycles. The van der Waals surface area contributed by atoms with Crippen molar-refractivity contribution in [2.45, 2.75) is 84.6 Å². The number of ketones is 1. The van der Waals surface area contributed by atoms with Gasteiger partial charge in [-0.15, -0.1) is 0 Å². The zero-order valence-electron chi connectivity index (χ0n) is 28.0. The third kappa shape index (κ3) is 5.89. The molecule has 0 amide bonds. The summed E-state index contributed by atoms with van der Waals surface area (Å²) in [6.07, 6.45) is -0.923. The van der Waals surface area contributed by atoms with Gasteiger partial charge < -0.3 is 33.5 Å². The Hall–Kier alpha value is -4.15. The van der Waals surface area contributed by atoms with Gasteiger partial charge in [0.15, 0.2) is 11.5 Å². The van der Waals surface area contributed by atoms with E-state index in [1.165, 1.54) is 13.8 Å². The number of nitro benzene ring substituents is 2. The van der Waals surface area contributed by atoms with Gasteiger partial charge in [-0.25, -0.2) is 4.79 Å². The summed E-state index contributed by atoms with van der Waals surface area (Å²) in [6, 6.07) is 2.38. The van der Waals surface area contributed by atoms with Crippen molar-refractivity contribution in [2.75, 3.05) is 19.8 Å². The summed E-state index contributed by atoms with van der Waals surface area (Å²) in [4.78, 5) is 61.7. The number of esters is 2. The van der Waals surface area contributed by atoms with Gasteiger partial charge in [0.1, 0.15) is 17.8 Å². The number of fused-ring (bicyclic) bond motifs is 5. The van der Waals surface area contributed by atoms with Crippen molar-refractivity contribution >= 4 is 29.1 Å². The van der Waals surface area contributed by atoms with Gasteiger partial charge in [0, 0.05) is 23.5 Å². The van der Waals surface area contributed by atoms with E-state index in [1.54, 1.807) is 27.7 Å². The van der Waals surface area contributed by atoms with Crippen LogP contribution >= 0.6 is 0 Å². The fourth-order valence-electron chi connectivity index (χ4n) is 6.85. The van der Waals surface area contributed by atoms with E-state index in [4.69, 9.17) is 28.4 Å². The first-order valence-electron chi connectivity index (χ1n) is 15.6. The van der Waals surface area contributed by atoms with Gasteiger partial charge in [0.2, 0.25) is 11.5 Å². The first kappa shape index (κ1) is 35.2. The number of hydrogen-bond donors (Lipinski definition) is 1. The second-order valence-electron chi connectivity index (χ2n) is 14.7. The Morgan fingerprint density at radius 3 is 2.04 bits per heavy atom. The lowest BCUT2D eigenvalue weighted by Gasteiger charge is -2.41. The minimum Gasteiger partial charge on any atom is -0.488 e. The van der Waals surface area contributed by atoms with Gasteiger partial charge in [-0.2, -0.15) is 0 Å². The maximum atomic E-state index is 14.0. The molecule has 3 aliphatic carbocycles. The summed E-state index contributed by atoms with van der Waals surface area (Å²) < 4.78 is 35.5. The standard InChI is InChI=1S/C32H40N2O14/c1-15(2)46-24-23(35)21-20(22-25(31(21,38)26(24)47-16(3)4)32(22)44-12-29(5,6)13-45-32)28(37)43-14-30(7,8)48-27(36)17-9-18(33(39)40)11-19(10-17)34(41)42/h9-11,15-16,20-22,25,38H,12-14H2,1-8H3/t20-,21-,22+,25-,31-/m0/s1. The smallest absolute Gasteiger partial charge is 0.339 e. The molecule has 1 aromatic rings. The number of Topliss-reactive ketones (excluding diaryl/α,β-unsaturated/α-hetero) is 1. The van der Waals surface area contributed by atoms with Crippen molar-refractivity contribution in [3.05, 3.63) is 55.5 Å². The highest BCUT2D eigenvalue weighted by Crippen LogP contribution is 2.76. The molecule has 4 aliphatic rings. The molecule has 1 spiro atoms. The van der Waals surface area contributed by atoms with Crippen LogP contribution in [-0.4, -0.2) is 81.7 Å². The molecule has 1 aliphatic heterocycles. The lowest BCUT2D eigenvalue weighted by Crippen LogP contribution is -2.53. The fourth-order valence-corrected chi connectivity index (χ4v) is 6.85. The number of rotatable bonds is 11. The SMILES string of the molecule is CC(C)OC1=C(OC(C)C)[C@]2(O)[C@H](C1=O)[C@H](C(=O)OCC(C)(C)OC(=O)c1cc([N+](=O)[O-])cc([N+](=O)[O-])c1)[C@@H]1[C@@H]2C12OCC(C)(C)CO2. The lowest BCUT2D eigenvalue weighted by atomic mass is 9.79. The van der Waals surface area contributed by atoms with Crippen molar-refractivity contribution in [3.63, 3.8) is 0 Å². The zero-order valence-corrected chi connectivity index (χ0v) is 28.0. The predicted octanol–water partition coefficient (Wildman–Crippen LogP) is 3.62. The Morgan fingerprint density at radius 2 is 1.54 bits per heavy atom. The van der Waals surface area contributed by atoms with Crippen LogP contribution in [0.1, 0.15) is 65.7 Å². The molecule has 0 radical (unpaired) electrons. The van der Waals surface area contributed by atoms with Gasteiger partial charge in [-0.3, -0.25) is 29.8 Å². The van der Waals surface area contributed by atoms with Crippen LogP contribution in [0.3, 0.4) is 0 Å². The molecular formula is C32H40N2O14. The number of benzene rings is 1. The number of carbonyl (C=O) groups excluding carboxylic acids is 3. The fraction of sp³-hybridized carbons (Fsp3) is 0.656. The first-order valence-corrected chi connectivity index (χ1v) is 15.6. The number of nitrogens with zero attached hydrogens (tertiary/aromatic N) is 2. The van der Waals surface area contributed by atoms with Crippen LogP contribution in [0.2, 0.25) is 0 Å². The van der Waals surface area contributed by atoms with Crippen LogP contribution in [0.15, 0.2) is 29.7 Å². The van der Waals surface area contributed by atoms with E-state index < -0.39 is 104 Å². The van der Waals surface area contributed by atoms with Crippen LogP contribution in [0.5, 0.6) is 0 Å². The molecule has 262 valence electrons. The quantitative estimate of drug-likeness (QED) is 0.201. The molecule has 5 atom stereocenters. The van der Waals surface area contributed by atoms with E-state index >= 15 is 0 Å². The Balaban J connectivity index is 1.41. The van der Waals surface area contributed by atoms with E-state index in [0.29, 0.717) is 6.07 Å². The van der Waals surface area contributed by atoms with Gasteiger partial charge in [0.05, 0.1) is 64.7 Å². The monoisotopic (exact) mass is 676 g/mol. The molecule has 5 rings (SSSR count). The van der Waals surface area contributed by atoms with E-state index in [2.05, 4.69) is 0 Å². The Labute approximate surface area is 275 Å². The Kier molecular flexibility index (Phi) is 8.62. The molecule has 3 fully saturated rings. The van der Waals surface area contributed by atoms with E-state index in [1.807, 2.05) is 13.8 Å². The van der Waals surface area contributed by atoms with Gasteiger partial charge >= 0.3 is 11.9 Å². The number of aliphatic hydroxyl groups is 1. The van der Waals surface area contributed by atoms with Crippen molar-refractivity contribution in [2.24, 2.45) is 29.1 Å². The summed E-state index contributed by atoms with van der Waals surface area (Å²) in [7, 11) is 0. The number of hydrogen-bond acceptors (Lipinski definition) is 14. The largest absolute Gasteiger partial charge is 0.488 e. The van der Waals surface area contributed by atoms with Crippen LogP contribution in [-0.2, 0) is 38.0 Å². The molecule has 1 N–H and O–H groups in total. The molecule has 0 unspecified atom stereocenters. The van der Waals surface area contributed by atoms with E-state index in [-0.39, 0.29) is 30.1 Å². The van der Waals surface area contributed by atoms with E-state index in [9.17, 15) is 39.7 Å². The minimum atomic E-state index is -2.01. The molecule has 48 heavy (non-hydrogen) atoms. The minimum absolute atomic E-state index is 0.0827. The van der Waals surface area contributed by atoms with Crippen molar-refractivity contribution in [3.8, 4) is 0 Å². The van der Waals surface area contributed by atoms with E-state index in [0.717, 1.165) is 12.1 Å². The molecule has 16 heteroatoms. The second-order valence-corrected chi connectivity index (χ2v) is 14.7. The van der Waals surface area contributed by atoms with Crippen molar-refractivity contribution in [1.82, 2.24) is 0 Å². The highest BCUT2D eigenvalue weighted by Gasteiger charge is 2.90. The van der Waals surface area contributed by atoms with Crippen molar-refractivity contribution < 1.29 is 57.8 Å². The summed E-state index contributed by atoms with van der Waals surface area (Å²) in [6.45, 7) is 13.5. The number of carbonyl (C=O) groups is 3. The molecular weight excluding hydrogens is 636 g/mol. The summed E-state index contributed by atoms with van der Waals surface area (Å²) in [5.74, 6) is -8.58. The summed E-state index contributed by atoms with van der Waals surface area (Å²) in [5.41, 5.74) is -5.73. The number of allylic oxidation sites excluding steroid dienone is 1. The Morgan fingerprint density at radius 1 is 1.00 bits per heavy atom. The average molecular weight is 677 g/mol. The third-order valence-corrected chi connectivity index (χ3v) is 8.77. The second kappa shape index (κ2) is 11.8. The number of non-ortho nitro benzene ring substituents is 2. The summed E-state index contributed by atoms with van der Waals surface area (Å²) in [5, 5.41) is 35.0. The van der Waals surface area contributed by atoms with Crippen LogP contribution < -0.4 is 0 Å². The first-order chi connectivity index (χ1) is 22.1. The zero-order chi connectivity index (χ0) is 35.7. The normalized spacial score (nSPS) is 28.3. The molecule has 2 saturated carbocycles. The highest BCUT2D eigenvalue weighted by atomic mass is 16.7. The lowest BCUT2D eigenvalue weighted by molar-refractivity contribution is -0.394. The molecule has 1 saturated heterocycles. The number of ether oxygens (including phenoxy) is 6. The highest BCUT2D eigenvalue weighted by molar-refractivity contribution is 6.04. The maximum absolute atomic E-state index is 14.0. The summed E-state index contributed by atoms with van der Waals surface area (Å²) >= 11 is 0. The van der Waals surface area contributed by atoms with Gasteiger partial charge in [0.25, 0.3) is 11.4 Å².